The molecule has 0 aliphatic heterocycles. The highest BCUT2D eigenvalue weighted by molar-refractivity contribution is 7.99. The van der Waals surface area contributed by atoms with Crippen molar-refractivity contribution >= 4 is 29.3 Å². The standard InChI is InChI=1S/C22H27ClF3NO2S/c1-2-30-16-10-12(9-15(16)28)20(29)27-19(17-14(24)4-3-13(23)18(17)25)21-5-7-22(26,11-21)8-6-21/h3-4,12,15-16,19,28H,2,5-11H2,1H3,(H,27,29)/t12-,15-,16+,19+,21?,22?/m0/s1. The van der Waals surface area contributed by atoms with E-state index in [-0.39, 0.29) is 28.2 Å². The molecule has 0 saturated heterocycles. The number of alkyl halides is 1. The van der Waals surface area contributed by atoms with Crippen LogP contribution in [0.1, 0.15) is 63.5 Å². The van der Waals surface area contributed by atoms with Gasteiger partial charge in [-0.3, -0.25) is 4.79 Å². The average Bonchev–Trinajstić information content (AvgIpc) is 3.36. The van der Waals surface area contributed by atoms with Gasteiger partial charge in [-0.15, -0.1) is 0 Å². The molecule has 0 spiro atoms. The smallest absolute Gasteiger partial charge is 0.223 e. The molecule has 2 N–H and O–H groups in total. The van der Waals surface area contributed by atoms with Gasteiger partial charge in [0, 0.05) is 16.7 Å². The number of nitrogens with one attached hydrogen (secondary N) is 1. The van der Waals surface area contributed by atoms with Crippen molar-refractivity contribution in [2.45, 2.75) is 74.9 Å². The van der Waals surface area contributed by atoms with Crippen LogP contribution in [0.15, 0.2) is 12.1 Å². The highest BCUT2D eigenvalue weighted by Crippen LogP contribution is 2.63. The molecule has 3 aliphatic carbocycles. The number of aliphatic hydroxyl groups excluding tert-OH is 1. The average molecular weight is 462 g/mol. The van der Waals surface area contributed by atoms with Gasteiger partial charge in [0.1, 0.15) is 17.3 Å². The molecule has 0 aromatic heterocycles. The number of rotatable bonds is 6. The summed E-state index contributed by atoms with van der Waals surface area (Å²) in [4.78, 5) is 13.1. The van der Waals surface area contributed by atoms with Crippen LogP contribution < -0.4 is 5.32 Å². The predicted octanol–water partition coefficient (Wildman–Crippen LogP) is 5.34. The van der Waals surface area contributed by atoms with E-state index in [1.807, 2.05) is 6.92 Å². The van der Waals surface area contributed by atoms with E-state index in [4.69, 9.17) is 11.6 Å². The summed E-state index contributed by atoms with van der Waals surface area (Å²) in [7, 11) is 0. The Morgan fingerprint density at radius 1 is 1.30 bits per heavy atom. The molecule has 1 aromatic carbocycles. The van der Waals surface area contributed by atoms with E-state index in [1.54, 1.807) is 11.8 Å². The minimum atomic E-state index is -1.33. The lowest BCUT2D eigenvalue weighted by atomic mass is 9.74. The SMILES string of the molecule is CCS[C@@H]1C[C@@H](C(=O)N[C@H](c2c(F)ccc(Cl)c2F)C23CCC(F)(CC2)C3)C[C@@H]1O. The van der Waals surface area contributed by atoms with E-state index in [9.17, 15) is 23.1 Å². The van der Waals surface area contributed by atoms with Crippen LogP contribution in [-0.2, 0) is 4.79 Å². The minimum absolute atomic E-state index is 0.0292. The fourth-order valence-corrected chi connectivity index (χ4v) is 7.05. The van der Waals surface area contributed by atoms with Crippen LogP contribution in [0.4, 0.5) is 13.2 Å². The van der Waals surface area contributed by atoms with Crippen LogP contribution in [0.25, 0.3) is 0 Å². The van der Waals surface area contributed by atoms with Gasteiger partial charge >= 0.3 is 0 Å². The van der Waals surface area contributed by atoms with Gasteiger partial charge in [-0.25, -0.2) is 13.2 Å². The third-order valence-electron chi connectivity index (χ3n) is 7.30. The van der Waals surface area contributed by atoms with Crippen molar-refractivity contribution in [1.82, 2.24) is 5.32 Å². The summed E-state index contributed by atoms with van der Waals surface area (Å²) in [5.74, 6) is -1.63. The summed E-state index contributed by atoms with van der Waals surface area (Å²) in [5.41, 5.74) is -2.34. The van der Waals surface area contributed by atoms with Gasteiger partial charge < -0.3 is 10.4 Å². The molecule has 3 aliphatic rings. The largest absolute Gasteiger partial charge is 0.392 e. The quantitative estimate of drug-likeness (QED) is 0.562. The Morgan fingerprint density at radius 2 is 2.00 bits per heavy atom. The Morgan fingerprint density at radius 3 is 2.60 bits per heavy atom. The second kappa shape index (κ2) is 8.21. The summed E-state index contributed by atoms with van der Waals surface area (Å²) >= 11 is 7.54. The topological polar surface area (TPSA) is 49.3 Å². The van der Waals surface area contributed by atoms with Crippen molar-refractivity contribution in [2.24, 2.45) is 11.3 Å². The molecule has 0 heterocycles. The summed E-state index contributed by atoms with van der Waals surface area (Å²) in [6.07, 6.45) is 2.01. The first-order valence-electron chi connectivity index (χ1n) is 10.6. The van der Waals surface area contributed by atoms with Crippen molar-refractivity contribution in [3.8, 4) is 0 Å². The third kappa shape index (κ3) is 3.86. The molecular formula is C22H27ClF3NO2S. The van der Waals surface area contributed by atoms with Crippen LogP contribution in [0, 0.1) is 23.0 Å². The molecule has 0 unspecified atom stereocenters. The molecule has 1 amide bonds. The molecule has 2 bridgehead atoms. The van der Waals surface area contributed by atoms with Crippen molar-refractivity contribution in [3.63, 3.8) is 0 Å². The number of halogens is 4. The fraction of sp³-hybridized carbons (Fsp3) is 0.682. The van der Waals surface area contributed by atoms with E-state index in [1.165, 1.54) is 0 Å². The number of amides is 1. The number of thioether (sulfide) groups is 1. The van der Waals surface area contributed by atoms with E-state index < -0.39 is 40.8 Å². The van der Waals surface area contributed by atoms with Gasteiger partial charge in [-0.05, 0) is 68.2 Å². The van der Waals surface area contributed by atoms with E-state index in [2.05, 4.69) is 5.32 Å². The van der Waals surface area contributed by atoms with Gasteiger partial charge in [0.25, 0.3) is 0 Å². The first-order chi connectivity index (χ1) is 14.2. The van der Waals surface area contributed by atoms with Gasteiger partial charge in [0.15, 0.2) is 0 Å². The molecule has 1 aromatic rings. The molecule has 3 saturated carbocycles. The molecule has 0 radical (unpaired) electrons. The Kier molecular flexibility index (Phi) is 6.10. The molecular weight excluding hydrogens is 435 g/mol. The zero-order valence-corrected chi connectivity index (χ0v) is 18.5. The van der Waals surface area contributed by atoms with Crippen molar-refractivity contribution in [3.05, 3.63) is 34.4 Å². The lowest BCUT2D eigenvalue weighted by molar-refractivity contribution is -0.127. The number of benzene rings is 1. The lowest BCUT2D eigenvalue weighted by Crippen LogP contribution is -2.42. The maximum Gasteiger partial charge on any atom is 0.223 e. The Hall–Kier alpha value is -0.920. The fourth-order valence-electron chi connectivity index (χ4n) is 5.75. The van der Waals surface area contributed by atoms with Crippen molar-refractivity contribution < 1.29 is 23.1 Å². The summed E-state index contributed by atoms with van der Waals surface area (Å²) in [6, 6.07) is 1.25. The second-order valence-corrected chi connectivity index (χ2v) is 11.0. The van der Waals surface area contributed by atoms with Crippen LogP contribution in [0.5, 0.6) is 0 Å². The zero-order valence-electron chi connectivity index (χ0n) is 16.9. The number of fused-ring (bicyclic) bond motifs is 2. The molecule has 3 fully saturated rings. The van der Waals surface area contributed by atoms with Gasteiger partial charge in [0.2, 0.25) is 5.91 Å². The number of hydrogen-bond donors (Lipinski definition) is 2. The number of hydrogen-bond acceptors (Lipinski definition) is 3. The van der Waals surface area contributed by atoms with Gasteiger partial charge in [-0.1, -0.05) is 18.5 Å². The molecule has 166 valence electrons. The number of carbonyl (C=O) groups is 1. The predicted molar refractivity (Wildman–Crippen MR) is 112 cm³/mol. The lowest BCUT2D eigenvalue weighted by Gasteiger charge is -2.37. The van der Waals surface area contributed by atoms with Crippen LogP contribution in [-0.4, -0.2) is 33.8 Å². The first-order valence-corrected chi connectivity index (χ1v) is 12.0. The molecule has 4 atom stereocenters. The van der Waals surface area contributed by atoms with Crippen LogP contribution in [0.2, 0.25) is 5.02 Å². The Balaban J connectivity index is 1.65. The zero-order chi connectivity index (χ0) is 21.7. The van der Waals surface area contributed by atoms with Crippen LogP contribution >= 0.6 is 23.4 Å². The van der Waals surface area contributed by atoms with E-state index in [0.717, 1.165) is 17.9 Å². The third-order valence-corrected chi connectivity index (χ3v) is 8.86. The Bertz CT molecular complexity index is 831. The minimum Gasteiger partial charge on any atom is -0.392 e. The molecule has 8 heteroatoms. The van der Waals surface area contributed by atoms with E-state index >= 15 is 0 Å². The van der Waals surface area contributed by atoms with Crippen molar-refractivity contribution in [2.75, 3.05) is 5.75 Å². The molecule has 3 nitrogen and oxygen atoms in total. The summed E-state index contributed by atoms with van der Waals surface area (Å²) in [6.45, 7) is 1.99. The summed E-state index contributed by atoms with van der Waals surface area (Å²) < 4.78 is 44.7. The van der Waals surface area contributed by atoms with Crippen molar-refractivity contribution in [1.29, 1.82) is 0 Å². The molecule has 30 heavy (non-hydrogen) atoms. The maximum atomic E-state index is 15.0. The number of aliphatic hydroxyl groups is 1. The highest BCUT2D eigenvalue weighted by atomic mass is 35.5. The van der Waals surface area contributed by atoms with Gasteiger partial charge in [0.05, 0.1) is 17.2 Å². The normalized spacial score (nSPS) is 36.3. The Labute approximate surface area is 184 Å². The maximum absolute atomic E-state index is 15.0. The second-order valence-electron chi connectivity index (χ2n) is 9.12. The van der Waals surface area contributed by atoms with E-state index in [0.29, 0.717) is 38.5 Å². The summed E-state index contributed by atoms with van der Waals surface area (Å²) in [5, 5.41) is 12.9. The number of carbonyl (C=O) groups excluding carboxylic acids is 1. The van der Waals surface area contributed by atoms with Crippen LogP contribution in [0.3, 0.4) is 0 Å². The van der Waals surface area contributed by atoms with Gasteiger partial charge in [-0.2, -0.15) is 11.8 Å². The first kappa shape index (κ1) is 22.3. The molecule has 4 rings (SSSR count). The highest BCUT2D eigenvalue weighted by Gasteiger charge is 2.59. The monoisotopic (exact) mass is 461 g/mol.